The Bertz CT molecular complexity index is 1480. The zero-order valence-electron chi connectivity index (χ0n) is 24.4. The van der Waals surface area contributed by atoms with E-state index in [9.17, 15) is 18.0 Å². The van der Waals surface area contributed by atoms with Crippen molar-refractivity contribution in [3.63, 3.8) is 0 Å². The van der Waals surface area contributed by atoms with Gasteiger partial charge in [0.2, 0.25) is 11.8 Å². The molecule has 0 heterocycles. The standard InChI is InChI=1S/C31H37Cl2N3O5S/c1-6-28(31(38)34-18-21(2)3)35(19-23-9-11-24(32)12-10-23)30(37)20-36(25-13-16-29(41-5)27(33)17-25)42(39,40)26-14-7-22(4)8-15-26/h7-17,21,28H,6,18-20H2,1-5H3,(H,34,38). The topological polar surface area (TPSA) is 96.0 Å². The molecule has 1 N–H and O–H groups in total. The predicted octanol–water partition coefficient (Wildman–Crippen LogP) is 6.09. The number of anilines is 1. The fourth-order valence-corrected chi connectivity index (χ4v) is 6.09. The van der Waals surface area contributed by atoms with Crippen LogP contribution in [0, 0.1) is 12.8 Å². The Morgan fingerprint density at radius 2 is 1.62 bits per heavy atom. The van der Waals surface area contributed by atoms with Crippen molar-refractivity contribution in [1.82, 2.24) is 10.2 Å². The Labute approximate surface area is 258 Å². The summed E-state index contributed by atoms with van der Waals surface area (Å²) in [6.07, 6.45) is 0.322. The zero-order valence-corrected chi connectivity index (χ0v) is 26.8. The summed E-state index contributed by atoms with van der Waals surface area (Å²) < 4.78 is 34.3. The molecule has 1 unspecified atom stereocenters. The number of hydrogen-bond acceptors (Lipinski definition) is 5. The van der Waals surface area contributed by atoms with Crippen LogP contribution in [0.25, 0.3) is 0 Å². The second kappa shape index (κ2) is 14.8. The number of carbonyl (C=O) groups is 2. The minimum atomic E-state index is -4.22. The molecule has 0 saturated carbocycles. The van der Waals surface area contributed by atoms with Gasteiger partial charge in [0.15, 0.2) is 0 Å². The molecule has 0 aromatic heterocycles. The number of nitrogens with one attached hydrogen (secondary N) is 1. The lowest BCUT2D eigenvalue weighted by Crippen LogP contribution is -2.52. The van der Waals surface area contributed by atoms with E-state index in [0.29, 0.717) is 23.7 Å². The van der Waals surface area contributed by atoms with Gasteiger partial charge < -0.3 is 15.0 Å². The number of benzene rings is 3. The maximum atomic E-state index is 14.1. The van der Waals surface area contributed by atoms with Gasteiger partial charge in [-0.2, -0.15) is 0 Å². The molecule has 8 nitrogen and oxygen atoms in total. The molecule has 0 fully saturated rings. The molecule has 3 aromatic carbocycles. The first-order valence-corrected chi connectivity index (χ1v) is 15.8. The largest absolute Gasteiger partial charge is 0.495 e. The van der Waals surface area contributed by atoms with Crippen molar-refractivity contribution in [3.8, 4) is 5.75 Å². The third kappa shape index (κ3) is 8.40. The average Bonchev–Trinajstić information content (AvgIpc) is 2.95. The lowest BCUT2D eigenvalue weighted by atomic mass is 10.1. The van der Waals surface area contributed by atoms with E-state index in [2.05, 4.69) is 5.32 Å². The molecule has 0 aliphatic heterocycles. The number of methoxy groups -OCH3 is 1. The smallest absolute Gasteiger partial charge is 0.264 e. The van der Waals surface area contributed by atoms with E-state index in [4.69, 9.17) is 27.9 Å². The molecule has 0 spiro atoms. The Morgan fingerprint density at radius 3 is 2.17 bits per heavy atom. The van der Waals surface area contributed by atoms with Crippen LogP contribution in [-0.4, -0.2) is 51.4 Å². The van der Waals surface area contributed by atoms with Gasteiger partial charge in [0.05, 0.1) is 22.7 Å². The molecule has 226 valence electrons. The van der Waals surface area contributed by atoms with Crippen molar-refractivity contribution in [2.75, 3.05) is 24.5 Å². The molecule has 1 atom stereocenters. The molecular formula is C31H37Cl2N3O5S. The second-order valence-corrected chi connectivity index (χ2v) is 13.1. The van der Waals surface area contributed by atoms with Gasteiger partial charge in [0.25, 0.3) is 10.0 Å². The van der Waals surface area contributed by atoms with E-state index in [1.807, 2.05) is 27.7 Å². The monoisotopic (exact) mass is 633 g/mol. The molecule has 11 heteroatoms. The van der Waals surface area contributed by atoms with Gasteiger partial charge in [0, 0.05) is 18.1 Å². The number of aryl methyl sites for hydroxylation is 1. The number of nitrogens with zero attached hydrogens (tertiary/aromatic N) is 2. The van der Waals surface area contributed by atoms with E-state index in [0.717, 1.165) is 15.4 Å². The van der Waals surface area contributed by atoms with Gasteiger partial charge in [-0.25, -0.2) is 8.42 Å². The zero-order chi connectivity index (χ0) is 31.0. The normalized spacial score (nSPS) is 12.1. The molecule has 3 aromatic rings. The van der Waals surface area contributed by atoms with E-state index in [1.165, 1.54) is 36.3 Å². The number of hydrogen-bond donors (Lipinski definition) is 1. The summed E-state index contributed by atoms with van der Waals surface area (Å²) in [6, 6.07) is 17.0. The van der Waals surface area contributed by atoms with Crippen molar-refractivity contribution in [3.05, 3.63) is 87.9 Å². The average molecular weight is 635 g/mol. The van der Waals surface area contributed by atoms with Gasteiger partial charge >= 0.3 is 0 Å². The van der Waals surface area contributed by atoms with Crippen LogP contribution in [0.2, 0.25) is 10.0 Å². The van der Waals surface area contributed by atoms with Gasteiger partial charge in [-0.1, -0.05) is 73.8 Å². The van der Waals surface area contributed by atoms with Crippen LogP contribution in [0.3, 0.4) is 0 Å². The SMILES string of the molecule is CCC(C(=O)NCC(C)C)N(Cc1ccc(Cl)cc1)C(=O)CN(c1ccc(OC)c(Cl)c1)S(=O)(=O)c1ccc(C)cc1. The summed E-state index contributed by atoms with van der Waals surface area (Å²) in [7, 11) is -2.77. The van der Waals surface area contributed by atoms with Crippen molar-refractivity contribution in [1.29, 1.82) is 0 Å². The highest BCUT2D eigenvalue weighted by Gasteiger charge is 2.34. The van der Waals surface area contributed by atoms with Crippen molar-refractivity contribution < 1.29 is 22.7 Å². The number of amides is 2. The Morgan fingerprint density at radius 1 is 0.976 bits per heavy atom. The molecule has 42 heavy (non-hydrogen) atoms. The summed E-state index contributed by atoms with van der Waals surface area (Å²) in [5.74, 6) is -0.299. The summed E-state index contributed by atoms with van der Waals surface area (Å²) in [4.78, 5) is 28.9. The lowest BCUT2D eigenvalue weighted by Gasteiger charge is -2.33. The molecule has 0 bridgehead atoms. The van der Waals surface area contributed by atoms with Crippen LogP contribution in [-0.2, 0) is 26.2 Å². The molecule has 0 aliphatic rings. The predicted molar refractivity (Wildman–Crippen MR) is 168 cm³/mol. The minimum Gasteiger partial charge on any atom is -0.495 e. The summed E-state index contributed by atoms with van der Waals surface area (Å²) >= 11 is 12.5. The molecule has 0 radical (unpaired) electrons. The fourth-order valence-electron chi connectivity index (χ4n) is 4.31. The first kappa shape index (κ1) is 33.2. The van der Waals surface area contributed by atoms with Gasteiger partial charge in [-0.15, -0.1) is 0 Å². The summed E-state index contributed by atoms with van der Waals surface area (Å²) in [5, 5.41) is 3.63. The maximum absolute atomic E-state index is 14.1. The molecule has 3 rings (SSSR count). The third-order valence-corrected chi connectivity index (χ3v) is 8.98. The highest BCUT2D eigenvalue weighted by Crippen LogP contribution is 2.32. The fraction of sp³-hybridized carbons (Fsp3) is 0.355. The highest BCUT2D eigenvalue weighted by atomic mass is 35.5. The van der Waals surface area contributed by atoms with Crippen LogP contribution in [0.15, 0.2) is 71.6 Å². The van der Waals surface area contributed by atoms with Crippen molar-refractivity contribution >= 4 is 50.7 Å². The van der Waals surface area contributed by atoms with Crippen molar-refractivity contribution in [2.45, 2.75) is 51.6 Å². The van der Waals surface area contributed by atoms with E-state index >= 15 is 0 Å². The van der Waals surface area contributed by atoms with Crippen LogP contribution >= 0.6 is 23.2 Å². The quantitative estimate of drug-likeness (QED) is 0.246. The first-order chi connectivity index (χ1) is 19.9. The lowest BCUT2D eigenvalue weighted by molar-refractivity contribution is -0.140. The minimum absolute atomic E-state index is 0.0128. The number of sulfonamides is 1. The van der Waals surface area contributed by atoms with E-state index in [1.54, 1.807) is 42.5 Å². The second-order valence-electron chi connectivity index (χ2n) is 10.4. The van der Waals surface area contributed by atoms with Crippen LogP contribution in [0.1, 0.15) is 38.3 Å². The number of rotatable bonds is 13. The number of ether oxygens (including phenoxy) is 1. The Balaban J connectivity index is 2.08. The van der Waals surface area contributed by atoms with E-state index < -0.39 is 28.5 Å². The number of carbonyl (C=O) groups excluding carboxylic acids is 2. The van der Waals surface area contributed by atoms with Gasteiger partial charge in [0.1, 0.15) is 18.3 Å². The Hall–Kier alpha value is -3.27. The third-order valence-electron chi connectivity index (χ3n) is 6.65. The summed E-state index contributed by atoms with van der Waals surface area (Å²) in [6.45, 7) is 7.57. The molecule has 2 amide bonds. The molecule has 0 saturated heterocycles. The maximum Gasteiger partial charge on any atom is 0.264 e. The van der Waals surface area contributed by atoms with Crippen molar-refractivity contribution in [2.24, 2.45) is 5.92 Å². The number of halogens is 2. The summed E-state index contributed by atoms with van der Waals surface area (Å²) in [5.41, 5.74) is 1.80. The molecular weight excluding hydrogens is 597 g/mol. The van der Waals surface area contributed by atoms with Crippen LogP contribution in [0.4, 0.5) is 5.69 Å². The van der Waals surface area contributed by atoms with Gasteiger partial charge in [-0.05, 0) is 67.3 Å². The van der Waals surface area contributed by atoms with Crippen LogP contribution < -0.4 is 14.4 Å². The van der Waals surface area contributed by atoms with Crippen LogP contribution in [0.5, 0.6) is 5.75 Å². The van der Waals surface area contributed by atoms with Gasteiger partial charge in [-0.3, -0.25) is 13.9 Å². The van der Waals surface area contributed by atoms with E-state index in [-0.39, 0.29) is 34.0 Å². The first-order valence-electron chi connectivity index (χ1n) is 13.6. The highest BCUT2D eigenvalue weighted by molar-refractivity contribution is 7.92. The molecule has 0 aliphatic carbocycles. The Kier molecular flexibility index (Phi) is 11.7.